The van der Waals surface area contributed by atoms with E-state index >= 15 is 0 Å². The van der Waals surface area contributed by atoms with Crippen LogP contribution in [-0.4, -0.2) is 34.4 Å². The Kier molecular flexibility index (Phi) is 4.51. The van der Waals surface area contributed by atoms with Crippen molar-refractivity contribution in [1.29, 1.82) is 0 Å². The Balaban J connectivity index is 2.08. The number of amides is 4. The van der Waals surface area contributed by atoms with E-state index in [9.17, 15) is 14.4 Å². The summed E-state index contributed by atoms with van der Waals surface area (Å²) in [4.78, 5) is 36.7. The van der Waals surface area contributed by atoms with Crippen LogP contribution >= 0.6 is 22.6 Å². The fraction of sp³-hybridized carbons (Fsp3) is 0.167. The molecule has 1 aliphatic rings. The van der Waals surface area contributed by atoms with Crippen LogP contribution in [0.25, 0.3) is 11.8 Å². The molecule has 1 saturated heterocycles. The van der Waals surface area contributed by atoms with Crippen LogP contribution < -0.4 is 5.32 Å². The smallest absolute Gasteiger partial charge is 0.318 e. The maximum Gasteiger partial charge on any atom is 0.331 e. The highest BCUT2D eigenvalue weighted by atomic mass is 127. The molecule has 0 aliphatic carbocycles. The molecule has 4 amide bonds. The second kappa shape index (κ2) is 6.47. The Bertz CT molecular complexity index is 943. The zero-order valence-electron chi connectivity index (χ0n) is 14.0. The third-order valence-corrected chi connectivity index (χ3v) is 4.81. The Morgan fingerprint density at radius 3 is 2.52 bits per heavy atom. The normalized spacial score (nSPS) is 16.6. The van der Waals surface area contributed by atoms with Gasteiger partial charge in [-0.05, 0) is 72.3 Å². The first-order valence-electron chi connectivity index (χ1n) is 7.59. The lowest BCUT2D eigenvalue weighted by Crippen LogP contribution is -2.52. The van der Waals surface area contributed by atoms with Gasteiger partial charge in [0.2, 0.25) is 0 Å². The monoisotopic (exact) mass is 449 g/mol. The van der Waals surface area contributed by atoms with Crippen LogP contribution in [0.2, 0.25) is 0 Å². The lowest BCUT2D eigenvalue weighted by atomic mass is 10.1. The van der Waals surface area contributed by atoms with Gasteiger partial charge in [-0.15, -0.1) is 0 Å². The fourth-order valence-electron chi connectivity index (χ4n) is 2.85. The number of rotatable bonds is 2. The number of hydrogen-bond acceptors (Lipinski definition) is 3. The lowest BCUT2D eigenvalue weighted by molar-refractivity contribution is -0.129. The standard InChI is InChI=1S/C18H16IN3O3/c1-10-7-12(8-15-16(23)20-18(25)21(3)17(15)24)11(2)22(10)14-6-4-5-13(19)9-14/h4-9H,1-3H3,(H,20,23,25)/b15-8+. The van der Waals surface area contributed by atoms with Crippen LogP contribution in [-0.2, 0) is 9.59 Å². The van der Waals surface area contributed by atoms with Crippen molar-refractivity contribution >= 4 is 46.5 Å². The Labute approximate surface area is 158 Å². The molecule has 0 atom stereocenters. The molecule has 0 unspecified atom stereocenters. The molecule has 128 valence electrons. The summed E-state index contributed by atoms with van der Waals surface area (Å²) in [5, 5.41) is 2.16. The molecule has 6 nitrogen and oxygen atoms in total. The van der Waals surface area contributed by atoms with Crippen molar-refractivity contribution in [3.8, 4) is 5.69 Å². The molecule has 0 saturated carbocycles. The zero-order chi connectivity index (χ0) is 18.3. The number of likely N-dealkylation sites (N-methyl/N-ethyl adjacent to an activating group) is 1. The number of halogens is 1. The minimum atomic E-state index is -0.712. The number of barbiturate groups is 1. The van der Waals surface area contributed by atoms with Crippen LogP contribution in [0.1, 0.15) is 17.0 Å². The van der Waals surface area contributed by atoms with Crippen molar-refractivity contribution in [2.24, 2.45) is 0 Å². The van der Waals surface area contributed by atoms with E-state index in [0.717, 1.165) is 31.1 Å². The molecule has 1 N–H and O–H groups in total. The van der Waals surface area contributed by atoms with Gasteiger partial charge < -0.3 is 4.57 Å². The number of aryl methyl sites for hydroxylation is 1. The molecule has 0 bridgehead atoms. The number of imide groups is 2. The fourth-order valence-corrected chi connectivity index (χ4v) is 3.37. The predicted molar refractivity (Wildman–Crippen MR) is 102 cm³/mol. The van der Waals surface area contributed by atoms with E-state index in [1.54, 1.807) is 0 Å². The van der Waals surface area contributed by atoms with Crippen molar-refractivity contribution in [2.45, 2.75) is 13.8 Å². The Morgan fingerprint density at radius 2 is 1.84 bits per heavy atom. The lowest BCUT2D eigenvalue weighted by Gasteiger charge is -2.22. The highest BCUT2D eigenvalue weighted by Gasteiger charge is 2.33. The largest absolute Gasteiger partial charge is 0.331 e. The van der Waals surface area contributed by atoms with E-state index in [1.807, 2.05) is 38.1 Å². The molecule has 0 spiro atoms. The van der Waals surface area contributed by atoms with Crippen LogP contribution in [0, 0.1) is 17.4 Å². The second-order valence-electron chi connectivity index (χ2n) is 5.82. The van der Waals surface area contributed by atoms with Gasteiger partial charge in [0.15, 0.2) is 0 Å². The first-order chi connectivity index (χ1) is 11.8. The van der Waals surface area contributed by atoms with Crippen molar-refractivity contribution in [2.75, 3.05) is 7.05 Å². The van der Waals surface area contributed by atoms with Gasteiger partial charge in [0.1, 0.15) is 5.57 Å². The van der Waals surface area contributed by atoms with E-state index in [0.29, 0.717) is 0 Å². The van der Waals surface area contributed by atoms with E-state index in [4.69, 9.17) is 0 Å². The molecule has 1 aromatic heterocycles. The molecule has 2 aromatic rings. The van der Waals surface area contributed by atoms with Gasteiger partial charge in [0, 0.05) is 27.7 Å². The second-order valence-corrected chi connectivity index (χ2v) is 7.07. The van der Waals surface area contributed by atoms with E-state index < -0.39 is 17.8 Å². The number of urea groups is 1. The summed E-state index contributed by atoms with van der Waals surface area (Å²) in [6.45, 7) is 3.90. The minimum Gasteiger partial charge on any atom is -0.318 e. The first-order valence-corrected chi connectivity index (χ1v) is 8.67. The average molecular weight is 449 g/mol. The number of carbonyl (C=O) groups excluding carboxylic acids is 3. The zero-order valence-corrected chi connectivity index (χ0v) is 16.1. The number of carbonyl (C=O) groups is 3. The summed E-state index contributed by atoms with van der Waals surface area (Å²) in [5.41, 5.74) is 3.62. The third kappa shape index (κ3) is 3.11. The number of nitrogens with zero attached hydrogens (tertiary/aromatic N) is 2. The van der Waals surface area contributed by atoms with Crippen LogP contribution in [0.3, 0.4) is 0 Å². The van der Waals surface area contributed by atoms with E-state index in [1.165, 1.54) is 13.1 Å². The molecule has 7 heteroatoms. The quantitative estimate of drug-likeness (QED) is 0.436. The van der Waals surface area contributed by atoms with Crippen molar-refractivity contribution < 1.29 is 14.4 Å². The first kappa shape index (κ1) is 17.4. The molecule has 25 heavy (non-hydrogen) atoms. The van der Waals surface area contributed by atoms with Gasteiger partial charge in [-0.25, -0.2) is 4.79 Å². The van der Waals surface area contributed by atoms with E-state index in [2.05, 4.69) is 38.5 Å². The van der Waals surface area contributed by atoms with Crippen molar-refractivity contribution in [3.63, 3.8) is 0 Å². The van der Waals surface area contributed by atoms with Crippen molar-refractivity contribution in [1.82, 2.24) is 14.8 Å². The highest BCUT2D eigenvalue weighted by Crippen LogP contribution is 2.24. The van der Waals surface area contributed by atoms with Gasteiger partial charge in [0.05, 0.1) is 0 Å². The van der Waals surface area contributed by atoms with Gasteiger partial charge in [-0.2, -0.15) is 0 Å². The van der Waals surface area contributed by atoms with Crippen LogP contribution in [0.15, 0.2) is 35.9 Å². The molecule has 1 fully saturated rings. The van der Waals surface area contributed by atoms with Crippen LogP contribution in [0.4, 0.5) is 4.79 Å². The summed E-state index contributed by atoms with van der Waals surface area (Å²) in [7, 11) is 1.34. The number of benzene rings is 1. The van der Waals surface area contributed by atoms with Gasteiger partial charge in [-0.1, -0.05) is 6.07 Å². The van der Waals surface area contributed by atoms with Gasteiger partial charge >= 0.3 is 6.03 Å². The van der Waals surface area contributed by atoms with Gasteiger partial charge in [-0.3, -0.25) is 19.8 Å². The SMILES string of the molecule is Cc1cc(/C=C2\C(=O)NC(=O)N(C)C2=O)c(C)n1-c1cccc(I)c1. The Hall–Kier alpha value is -2.42. The molecule has 0 radical (unpaired) electrons. The molecule has 1 aromatic carbocycles. The topological polar surface area (TPSA) is 71.4 Å². The minimum absolute atomic E-state index is 0.0509. The average Bonchev–Trinajstić information content (AvgIpc) is 2.83. The molecular formula is C18H16IN3O3. The van der Waals surface area contributed by atoms with E-state index in [-0.39, 0.29) is 5.57 Å². The third-order valence-electron chi connectivity index (χ3n) is 4.14. The van der Waals surface area contributed by atoms with Gasteiger partial charge in [0.25, 0.3) is 11.8 Å². The number of nitrogens with one attached hydrogen (secondary N) is 1. The number of aromatic nitrogens is 1. The predicted octanol–water partition coefficient (Wildman–Crippen LogP) is 2.79. The van der Waals surface area contributed by atoms with Crippen LogP contribution in [0.5, 0.6) is 0 Å². The summed E-state index contributed by atoms with van der Waals surface area (Å²) in [6.07, 6.45) is 1.54. The summed E-state index contributed by atoms with van der Waals surface area (Å²) < 4.78 is 3.18. The molecule has 2 heterocycles. The molecule has 1 aliphatic heterocycles. The summed E-state index contributed by atoms with van der Waals surface area (Å²) >= 11 is 2.26. The van der Waals surface area contributed by atoms with Crippen molar-refractivity contribution in [3.05, 3.63) is 56.4 Å². The maximum atomic E-state index is 12.2. The maximum absolute atomic E-state index is 12.2. The molecular weight excluding hydrogens is 433 g/mol. The Morgan fingerprint density at radius 1 is 1.12 bits per heavy atom. The summed E-state index contributed by atoms with van der Waals surface area (Å²) in [5.74, 6) is -1.28. The summed E-state index contributed by atoms with van der Waals surface area (Å²) in [6, 6.07) is 9.26. The highest BCUT2D eigenvalue weighted by molar-refractivity contribution is 14.1. The number of hydrogen-bond donors (Lipinski definition) is 1. The molecule has 3 rings (SSSR count).